The van der Waals surface area contributed by atoms with Gasteiger partial charge in [0.25, 0.3) is 0 Å². The molecule has 0 aliphatic heterocycles. The first kappa shape index (κ1) is 10.0. The van der Waals surface area contributed by atoms with Crippen molar-refractivity contribution >= 4 is 11.8 Å². The third kappa shape index (κ3) is 2.50. The van der Waals surface area contributed by atoms with Gasteiger partial charge in [-0.3, -0.25) is 0 Å². The monoisotopic (exact) mass is 226 g/mol. The topological polar surface area (TPSA) is 43.4 Å². The van der Waals surface area contributed by atoms with E-state index in [0.717, 1.165) is 4.90 Å². The second-order valence-corrected chi connectivity index (χ2v) is 3.86. The van der Waals surface area contributed by atoms with Crippen molar-refractivity contribution in [1.82, 2.24) is 0 Å². The molecular weight excluding hydrogens is 219 g/mol. The highest BCUT2D eigenvalue weighted by atomic mass is 32.2. The Labute approximate surface area is 88.9 Å². The molecular formula is C10H7FO3S. The van der Waals surface area contributed by atoms with Crippen LogP contribution in [0.25, 0.3) is 0 Å². The Kier molecular flexibility index (Phi) is 2.91. The molecule has 3 nitrogen and oxygen atoms in total. The normalized spacial score (nSPS) is 10.5. The summed E-state index contributed by atoms with van der Waals surface area (Å²) in [7, 11) is 0. The van der Waals surface area contributed by atoms with E-state index in [2.05, 4.69) is 4.42 Å². The Bertz CT molecular complexity index is 486. The van der Waals surface area contributed by atoms with E-state index in [4.69, 9.17) is 4.42 Å². The maximum absolute atomic E-state index is 12.2. The van der Waals surface area contributed by atoms with E-state index in [0.29, 0.717) is 10.7 Å². The van der Waals surface area contributed by atoms with Crippen molar-refractivity contribution in [2.45, 2.75) is 16.7 Å². The molecule has 2 rings (SSSR count). The smallest absolute Gasteiger partial charge is 0.398 e. The van der Waals surface area contributed by atoms with Crippen LogP contribution in [0.5, 0.6) is 0 Å². The van der Waals surface area contributed by atoms with Gasteiger partial charge in [-0.1, -0.05) is 12.1 Å². The molecule has 78 valence electrons. The lowest BCUT2D eigenvalue weighted by atomic mass is 10.2. The van der Waals surface area contributed by atoms with Gasteiger partial charge in [0.05, 0.1) is 0 Å². The van der Waals surface area contributed by atoms with Gasteiger partial charge in [0, 0.05) is 4.90 Å². The summed E-state index contributed by atoms with van der Waals surface area (Å²) in [6.45, 7) is -0.480. The maximum atomic E-state index is 12.2. The predicted molar refractivity (Wildman–Crippen MR) is 52.6 cm³/mol. The summed E-state index contributed by atoms with van der Waals surface area (Å²) in [5.41, 5.74) is 0.619. The second-order valence-electron chi connectivity index (χ2n) is 2.79. The first-order chi connectivity index (χ1) is 7.28. The van der Waals surface area contributed by atoms with Crippen molar-refractivity contribution < 1.29 is 13.2 Å². The molecule has 0 unspecified atom stereocenters. The highest BCUT2D eigenvalue weighted by Crippen LogP contribution is 2.26. The van der Waals surface area contributed by atoms with Crippen molar-refractivity contribution in [2.24, 2.45) is 0 Å². The van der Waals surface area contributed by atoms with Crippen LogP contribution in [0.3, 0.4) is 0 Å². The van der Waals surface area contributed by atoms with Gasteiger partial charge < -0.3 is 8.83 Å². The minimum absolute atomic E-state index is 0.382. The molecule has 0 fully saturated rings. The van der Waals surface area contributed by atoms with Gasteiger partial charge in [-0.2, -0.15) is 0 Å². The average molecular weight is 226 g/mol. The number of alkyl halides is 1. The summed E-state index contributed by atoms with van der Waals surface area (Å²) < 4.78 is 21.4. The lowest BCUT2D eigenvalue weighted by molar-refractivity contribution is 0.359. The lowest BCUT2D eigenvalue weighted by Gasteiger charge is -1.97. The van der Waals surface area contributed by atoms with Crippen LogP contribution in [0, 0.1) is 0 Å². The van der Waals surface area contributed by atoms with Gasteiger partial charge in [-0.15, -0.1) is 0 Å². The molecule has 2 aromatic rings. The average Bonchev–Trinajstić information content (AvgIpc) is 2.65. The third-order valence-corrected chi connectivity index (χ3v) is 2.62. The standard InChI is InChI=1S/C10H7FO3S/c11-5-7-1-3-8(4-2-7)15-9-6-13-10(12)14-9/h1-4,6H,5H2. The number of benzene rings is 1. The van der Waals surface area contributed by atoms with Crippen LogP contribution in [0.1, 0.15) is 5.56 Å². The van der Waals surface area contributed by atoms with Crippen LogP contribution in [0.2, 0.25) is 0 Å². The number of rotatable bonds is 3. The van der Waals surface area contributed by atoms with E-state index >= 15 is 0 Å². The van der Waals surface area contributed by atoms with Crippen LogP contribution in [-0.2, 0) is 6.67 Å². The Morgan fingerprint density at radius 3 is 2.53 bits per heavy atom. The third-order valence-electron chi connectivity index (χ3n) is 1.73. The number of halogens is 1. The first-order valence-electron chi connectivity index (χ1n) is 4.19. The van der Waals surface area contributed by atoms with E-state index in [1.165, 1.54) is 18.0 Å². The fraction of sp³-hybridized carbons (Fsp3) is 0.100. The lowest BCUT2D eigenvalue weighted by Crippen LogP contribution is -1.84. The van der Waals surface area contributed by atoms with Crippen LogP contribution in [0.15, 0.2) is 54.1 Å². The highest BCUT2D eigenvalue weighted by molar-refractivity contribution is 7.99. The van der Waals surface area contributed by atoms with Crippen molar-refractivity contribution in [2.75, 3.05) is 0 Å². The van der Waals surface area contributed by atoms with E-state index in [-0.39, 0.29) is 0 Å². The first-order valence-corrected chi connectivity index (χ1v) is 5.01. The minimum Gasteiger partial charge on any atom is -0.398 e. The summed E-state index contributed by atoms with van der Waals surface area (Å²) in [5.74, 6) is -0.724. The van der Waals surface area contributed by atoms with Crippen LogP contribution in [-0.4, -0.2) is 0 Å². The van der Waals surface area contributed by atoms with E-state index in [1.807, 2.05) is 0 Å². The molecule has 0 amide bonds. The van der Waals surface area contributed by atoms with E-state index in [9.17, 15) is 9.18 Å². The minimum atomic E-state index is -0.724. The molecule has 0 aliphatic rings. The van der Waals surface area contributed by atoms with Crippen molar-refractivity contribution in [3.8, 4) is 0 Å². The van der Waals surface area contributed by atoms with Crippen LogP contribution in [0.4, 0.5) is 4.39 Å². The Balaban J connectivity index is 2.14. The van der Waals surface area contributed by atoms with Gasteiger partial charge in [0.15, 0.2) is 0 Å². The molecule has 0 saturated carbocycles. The summed E-state index contributed by atoms with van der Waals surface area (Å²) in [4.78, 5) is 11.4. The Morgan fingerprint density at radius 2 is 2.00 bits per heavy atom. The fourth-order valence-corrected chi connectivity index (χ4v) is 1.74. The number of hydrogen-bond donors (Lipinski definition) is 0. The molecule has 1 aromatic heterocycles. The zero-order valence-corrected chi connectivity index (χ0v) is 8.42. The molecule has 0 radical (unpaired) electrons. The van der Waals surface area contributed by atoms with Gasteiger partial charge >= 0.3 is 5.82 Å². The van der Waals surface area contributed by atoms with Gasteiger partial charge in [-0.25, -0.2) is 9.18 Å². The van der Waals surface area contributed by atoms with Crippen LogP contribution >= 0.6 is 11.8 Å². The molecule has 1 heterocycles. The SMILES string of the molecule is O=c1occ(Sc2ccc(CF)cc2)o1. The zero-order chi connectivity index (χ0) is 10.7. The molecule has 0 atom stereocenters. The molecule has 1 aromatic carbocycles. The van der Waals surface area contributed by atoms with Crippen molar-refractivity contribution in [1.29, 1.82) is 0 Å². The van der Waals surface area contributed by atoms with Gasteiger partial charge in [-0.05, 0) is 29.5 Å². The Morgan fingerprint density at radius 1 is 1.27 bits per heavy atom. The molecule has 0 bridgehead atoms. The maximum Gasteiger partial charge on any atom is 0.519 e. The van der Waals surface area contributed by atoms with Gasteiger partial charge in [0.1, 0.15) is 12.9 Å². The van der Waals surface area contributed by atoms with E-state index < -0.39 is 12.5 Å². The summed E-state index contributed by atoms with van der Waals surface area (Å²) >= 11 is 1.24. The fourth-order valence-electron chi connectivity index (χ4n) is 1.03. The Hall–Kier alpha value is -1.49. The summed E-state index contributed by atoms with van der Waals surface area (Å²) in [5, 5.41) is 0.382. The van der Waals surface area contributed by atoms with E-state index in [1.54, 1.807) is 24.3 Å². The molecule has 5 heteroatoms. The summed E-state index contributed by atoms with van der Waals surface area (Å²) in [6, 6.07) is 6.88. The zero-order valence-electron chi connectivity index (χ0n) is 7.60. The molecule has 0 aliphatic carbocycles. The molecule has 0 N–H and O–H groups in total. The van der Waals surface area contributed by atoms with Crippen molar-refractivity contribution in [3.63, 3.8) is 0 Å². The van der Waals surface area contributed by atoms with Crippen molar-refractivity contribution in [3.05, 3.63) is 46.7 Å². The largest absolute Gasteiger partial charge is 0.519 e. The molecule has 0 saturated heterocycles. The van der Waals surface area contributed by atoms with Gasteiger partial charge in [0.2, 0.25) is 5.09 Å². The molecule has 0 spiro atoms. The predicted octanol–water partition coefficient (Wildman–Crippen LogP) is 2.85. The highest BCUT2D eigenvalue weighted by Gasteiger charge is 2.03. The molecule has 15 heavy (non-hydrogen) atoms. The second kappa shape index (κ2) is 4.35. The number of hydrogen-bond acceptors (Lipinski definition) is 4. The van der Waals surface area contributed by atoms with Crippen LogP contribution < -0.4 is 5.82 Å². The summed E-state index contributed by atoms with van der Waals surface area (Å²) in [6.07, 6.45) is 1.25. The quantitative estimate of drug-likeness (QED) is 0.807.